The van der Waals surface area contributed by atoms with Crippen LogP contribution in [0, 0.1) is 6.92 Å². The van der Waals surface area contributed by atoms with E-state index < -0.39 is 6.36 Å². The second-order valence-electron chi connectivity index (χ2n) is 4.15. The van der Waals surface area contributed by atoms with Crippen molar-refractivity contribution in [3.05, 3.63) is 53.9 Å². The van der Waals surface area contributed by atoms with Crippen LogP contribution in [0.4, 0.5) is 18.9 Å². The van der Waals surface area contributed by atoms with Gasteiger partial charge in [0.15, 0.2) is 0 Å². The number of hydrogen-bond donors (Lipinski definition) is 1. The normalized spacial score (nSPS) is 11.2. The molecule has 0 saturated carbocycles. The molecule has 0 spiro atoms. The minimum absolute atomic E-state index is 0.200. The van der Waals surface area contributed by atoms with Crippen LogP contribution in [0.15, 0.2) is 42.6 Å². The summed E-state index contributed by atoms with van der Waals surface area (Å²) in [4.78, 5) is 4.10. The van der Waals surface area contributed by atoms with Gasteiger partial charge in [-0.15, -0.1) is 13.2 Å². The minimum Gasteiger partial charge on any atom is -0.405 e. The lowest BCUT2D eigenvalue weighted by Gasteiger charge is -2.14. The molecule has 0 fully saturated rings. The first-order chi connectivity index (χ1) is 9.46. The summed E-state index contributed by atoms with van der Waals surface area (Å²) in [7, 11) is 0. The maximum atomic E-state index is 12.3. The maximum absolute atomic E-state index is 12.3. The standard InChI is InChI=1S/C14H13F3N2O/c1-10-12(6-4-8-18-10)19-9-11-5-2-3-7-13(11)20-14(15,16)17/h2-8,19H,9H2,1H3. The summed E-state index contributed by atoms with van der Waals surface area (Å²) in [5.41, 5.74) is 1.98. The van der Waals surface area contributed by atoms with Gasteiger partial charge in [0.2, 0.25) is 0 Å². The van der Waals surface area contributed by atoms with Crippen LogP contribution in [-0.2, 0) is 6.54 Å². The Labute approximate surface area is 114 Å². The summed E-state index contributed by atoms with van der Waals surface area (Å²) in [5, 5.41) is 3.05. The molecule has 0 radical (unpaired) electrons. The number of hydrogen-bond acceptors (Lipinski definition) is 3. The number of para-hydroxylation sites is 1. The zero-order chi connectivity index (χ0) is 14.6. The molecule has 0 aliphatic carbocycles. The lowest BCUT2D eigenvalue weighted by atomic mass is 10.2. The molecule has 106 valence electrons. The summed E-state index contributed by atoms with van der Waals surface area (Å²) in [6.07, 6.45) is -3.04. The van der Waals surface area contributed by atoms with Gasteiger partial charge in [-0.3, -0.25) is 4.98 Å². The third kappa shape index (κ3) is 3.88. The van der Waals surface area contributed by atoms with Crippen LogP contribution in [0.2, 0.25) is 0 Å². The van der Waals surface area contributed by atoms with Crippen molar-refractivity contribution in [2.24, 2.45) is 0 Å². The topological polar surface area (TPSA) is 34.2 Å². The molecule has 1 aromatic carbocycles. The zero-order valence-electron chi connectivity index (χ0n) is 10.7. The molecule has 0 atom stereocenters. The van der Waals surface area contributed by atoms with Crippen molar-refractivity contribution in [1.29, 1.82) is 0 Å². The maximum Gasteiger partial charge on any atom is 0.573 e. The Morgan fingerprint density at radius 3 is 2.60 bits per heavy atom. The van der Waals surface area contributed by atoms with Crippen molar-refractivity contribution in [3.8, 4) is 5.75 Å². The van der Waals surface area contributed by atoms with Gasteiger partial charge >= 0.3 is 6.36 Å². The van der Waals surface area contributed by atoms with Crippen molar-refractivity contribution < 1.29 is 17.9 Å². The summed E-state index contributed by atoms with van der Waals surface area (Å²) in [5.74, 6) is -0.200. The molecule has 1 aromatic heterocycles. The number of rotatable bonds is 4. The predicted octanol–water partition coefficient (Wildman–Crippen LogP) is 3.90. The zero-order valence-corrected chi connectivity index (χ0v) is 10.7. The van der Waals surface area contributed by atoms with Crippen LogP contribution in [0.3, 0.4) is 0 Å². The smallest absolute Gasteiger partial charge is 0.405 e. The van der Waals surface area contributed by atoms with E-state index >= 15 is 0 Å². The molecule has 0 aliphatic heterocycles. The second kappa shape index (κ2) is 5.81. The minimum atomic E-state index is -4.69. The number of anilines is 1. The highest BCUT2D eigenvalue weighted by atomic mass is 19.4. The summed E-state index contributed by atoms with van der Waals surface area (Å²) >= 11 is 0. The first-order valence-corrected chi connectivity index (χ1v) is 5.95. The molecule has 2 rings (SSSR count). The number of pyridine rings is 1. The Kier molecular flexibility index (Phi) is 4.12. The molecule has 3 nitrogen and oxygen atoms in total. The quantitative estimate of drug-likeness (QED) is 0.923. The first kappa shape index (κ1) is 14.2. The molecule has 0 bridgehead atoms. The number of ether oxygens (including phenoxy) is 1. The number of nitrogens with one attached hydrogen (secondary N) is 1. The van der Waals surface area contributed by atoms with Crippen molar-refractivity contribution in [3.63, 3.8) is 0 Å². The van der Waals surface area contributed by atoms with Gasteiger partial charge in [0.1, 0.15) is 5.75 Å². The Hall–Kier alpha value is -2.24. The number of aryl methyl sites for hydroxylation is 1. The third-order valence-corrected chi connectivity index (χ3v) is 2.67. The van der Waals surface area contributed by atoms with Gasteiger partial charge in [-0.2, -0.15) is 0 Å². The van der Waals surface area contributed by atoms with E-state index in [1.807, 2.05) is 13.0 Å². The van der Waals surface area contributed by atoms with Crippen molar-refractivity contribution in [1.82, 2.24) is 4.98 Å². The van der Waals surface area contributed by atoms with Crippen LogP contribution in [0.25, 0.3) is 0 Å². The average molecular weight is 282 g/mol. The van der Waals surface area contributed by atoms with E-state index in [1.165, 1.54) is 12.1 Å². The first-order valence-electron chi connectivity index (χ1n) is 5.95. The highest BCUT2D eigenvalue weighted by Crippen LogP contribution is 2.26. The fraction of sp³-hybridized carbons (Fsp3) is 0.214. The van der Waals surface area contributed by atoms with Crippen LogP contribution in [-0.4, -0.2) is 11.3 Å². The van der Waals surface area contributed by atoms with Crippen LogP contribution >= 0.6 is 0 Å². The van der Waals surface area contributed by atoms with Gasteiger partial charge < -0.3 is 10.1 Å². The fourth-order valence-corrected chi connectivity index (χ4v) is 1.74. The molecule has 2 aromatic rings. The predicted molar refractivity (Wildman–Crippen MR) is 69.4 cm³/mol. The van der Waals surface area contributed by atoms with Crippen molar-refractivity contribution in [2.75, 3.05) is 5.32 Å². The fourth-order valence-electron chi connectivity index (χ4n) is 1.74. The van der Waals surface area contributed by atoms with Crippen LogP contribution in [0.5, 0.6) is 5.75 Å². The van der Waals surface area contributed by atoms with Gasteiger partial charge in [-0.05, 0) is 25.1 Å². The summed E-state index contributed by atoms with van der Waals surface area (Å²) in [6, 6.07) is 9.61. The number of alkyl halides is 3. The summed E-state index contributed by atoms with van der Waals surface area (Å²) < 4.78 is 40.9. The Bertz CT molecular complexity index is 585. The highest BCUT2D eigenvalue weighted by molar-refractivity contribution is 5.48. The van der Waals surface area contributed by atoms with E-state index in [4.69, 9.17) is 0 Å². The largest absolute Gasteiger partial charge is 0.573 e. The Morgan fingerprint density at radius 1 is 1.15 bits per heavy atom. The Balaban J connectivity index is 2.12. The van der Waals surface area contributed by atoms with Gasteiger partial charge in [0.25, 0.3) is 0 Å². The Morgan fingerprint density at radius 2 is 1.90 bits per heavy atom. The third-order valence-electron chi connectivity index (χ3n) is 2.67. The molecule has 6 heteroatoms. The number of aromatic nitrogens is 1. The van der Waals surface area contributed by atoms with Gasteiger partial charge in [-0.25, -0.2) is 0 Å². The molecule has 1 heterocycles. The molecule has 1 N–H and O–H groups in total. The van der Waals surface area contributed by atoms with E-state index in [0.29, 0.717) is 5.56 Å². The van der Waals surface area contributed by atoms with E-state index in [-0.39, 0.29) is 12.3 Å². The lowest BCUT2D eigenvalue weighted by Crippen LogP contribution is -2.18. The highest BCUT2D eigenvalue weighted by Gasteiger charge is 2.31. The molecule has 20 heavy (non-hydrogen) atoms. The van der Waals surface area contributed by atoms with Crippen LogP contribution < -0.4 is 10.1 Å². The van der Waals surface area contributed by atoms with Crippen LogP contribution in [0.1, 0.15) is 11.3 Å². The van der Waals surface area contributed by atoms with E-state index in [1.54, 1.807) is 24.4 Å². The number of benzene rings is 1. The van der Waals surface area contributed by atoms with Gasteiger partial charge in [-0.1, -0.05) is 18.2 Å². The van der Waals surface area contributed by atoms with Gasteiger partial charge in [0, 0.05) is 18.3 Å². The molecular weight excluding hydrogens is 269 g/mol. The number of nitrogens with zero attached hydrogens (tertiary/aromatic N) is 1. The molecule has 0 unspecified atom stereocenters. The molecule has 0 saturated heterocycles. The van der Waals surface area contributed by atoms with Crippen molar-refractivity contribution >= 4 is 5.69 Å². The molecule has 0 aliphatic rings. The van der Waals surface area contributed by atoms with Crippen molar-refractivity contribution in [2.45, 2.75) is 19.8 Å². The monoisotopic (exact) mass is 282 g/mol. The van der Waals surface area contributed by atoms with E-state index in [2.05, 4.69) is 15.0 Å². The lowest BCUT2D eigenvalue weighted by molar-refractivity contribution is -0.274. The molecule has 0 amide bonds. The second-order valence-corrected chi connectivity index (χ2v) is 4.15. The van der Waals surface area contributed by atoms with E-state index in [9.17, 15) is 13.2 Å². The van der Waals surface area contributed by atoms with Gasteiger partial charge in [0.05, 0.1) is 11.4 Å². The number of halogens is 3. The van der Waals surface area contributed by atoms with E-state index in [0.717, 1.165) is 11.4 Å². The molecular formula is C14H13F3N2O. The SMILES string of the molecule is Cc1ncccc1NCc1ccccc1OC(F)(F)F. The average Bonchev–Trinajstić information content (AvgIpc) is 2.37. The summed E-state index contributed by atoms with van der Waals surface area (Å²) in [6.45, 7) is 2.04.